The number of nitrogens with one attached hydrogen (secondary N) is 1. The Bertz CT molecular complexity index is 1540. The van der Waals surface area contributed by atoms with Crippen LogP contribution in [0.2, 0.25) is 0 Å². The van der Waals surface area contributed by atoms with Crippen molar-refractivity contribution >= 4 is 19.7 Å². The predicted octanol–water partition coefficient (Wildman–Crippen LogP) is 18.0. The number of quaternary nitrogens is 1. The number of esters is 1. The molecule has 0 aromatic rings. The first-order valence-electron chi connectivity index (χ1n) is 30.5. The van der Waals surface area contributed by atoms with Gasteiger partial charge in [-0.1, -0.05) is 280 Å². The highest BCUT2D eigenvalue weighted by Gasteiger charge is 2.27. The van der Waals surface area contributed by atoms with Gasteiger partial charge in [-0.3, -0.25) is 14.2 Å². The molecule has 0 fully saturated rings. The molecule has 10 heteroatoms. The lowest BCUT2D eigenvalue weighted by Crippen LogP contribution is -2.47. The SMILES string of the molecule is CC\C=C/C=C/C=C/C=C\C=C\C=C\CCCCCC(=O)NC(COP(=O)([O-])OCC[N+](C)(C)C)C(/C=C/CCCCCCCCCCCC)OC(=O)CCCCCCCCCCCCCCCCCCCCC. The quantitative estimate of drug-likeness (QED) is 0.0161. The first kappa shape index (κ1) is 71.2. The zero-order chi connectivity index (χ0) is 54.3. The van der Waals surface area contributed by atoms with Crippen molar-refractivity contribution in [2.24, 2.45) is 0 Å². The minimum absolute atomic E-state index is 0.0341. The van der Waals surface area contributed by atoms with Crippen molar-refractivity contribution in [2.45, 2.75) is 270 Å². The number of hydrogen-bond acceptors (Lipinski definition) is 7. The van der Waals surface area contributed by atoms with E-state index in [-0.39, 0.29) is 31.3 Å². The predicted molar refractivity (Wildman–Crippen MR) is 316 cm³/mol. The number of carbonyl (C=O) groups is 2. The van der Waals surface area contributed by atoms with Crippen molar-refractivity contribution in [1.82, 2.24) is 5.32 Å². The van der Waals surface area contributed by atoms with E-state index in [0.29, 0.717) is 17.4 Å². The minimum Gasteiger partial charge on any atom is -0.756 e. The molecule has 0 saturated carbocycles. The summed E-state index contributed by atoms with van der Waals surface area (Å²) < 4.78 is 30.3. The minimum atomic E-state index is -4.71. The fourth-order valence-electron chi connectivity index (χ4n) is 8.55. The third kappa shape index (κ3) is 54.0. The number of ether oxygens (including phenoxy) is 1. The maximum atomic E-state index is 13.5. The van der Waals surface area contributed by atoms with Gasteiger partial charge in [-0.2, -0.15) is 0 Å². The molecule has 9 nitrogen and oxygen atoms in total. The van der Waals surface area contributed by atoms with E-state index in [1.165, 1.54) is 154 Å². The summed E-state index contributed by atoms with van der Waals surface area (Å²) in [4.78, 5) is 39.9. The number of nitrogens with zero attached hydrogens (tertiary/aromatic N) is 1. The van der Waals surface area contributed by atoms with Gasteiger partial charge >= 0.3 is 5.97 Å². The summed E-state index contributed by atoms with van der Waals surface area (Å²) in [6, 6.07) is -0.913. The van der Waals surface area contributed by atoms with Gasteiger partial charge in [-0.25, -0.2) is 0 Å². The van der Waals surface area contributed by atoms with E-state index in [4.69, 9.17) is 13.8 Å². The van der Waals surface area contributed by atoms with Crippen LogP contribution < -0.4 is 10.2 Å². The van der Waals surface area contributed by atoms with Gasteiger partial charge in [0.2, 0.25) is 5.91 Å². The van der Waals surface area contributed by atoms with Crippen molar-refractivity contribution in [3.8, 4) is 0 Å². The summed E-state index contributed by atoms with van der Waals surface area (Å²) in [7, 11) is 1.15. The Hall–Kier alpha value is -2.81. The van der Waals surface area contributed by atoms with Crippen molar-refractivity contribution in [3.63, 3.8) is 0 Å². The molecule has 0 aliphatic carbocycles. The van der Waals surface area contributed by atoms with E-state index in [0.717, 1.165) is 64.2 Å². The number of allylic oxidation sites excluding steroid dienone is 13. The average Bonchev–Trinajstić information content (AvgIpc) is 3.36. The monoisotopic (exact) mass is 1050 g/mol. The number of carbonyl (C=O) groups excluding carboxylic acids is 2. The topological polar surface area (TPSA) is 114 Å². The van der Waals surface area contributed by atoms with Crippen molar-refractivity contribution in [2.75, 3.05) is 40.9 Å². The van der Waals surface area contributed by atoms with Crippen LogP contribution in [0.25, 0.3) is 0 Å². The van der Waals surface area contributed by atoms with E-state index < -0.39 is 26.6 Å². The molecule has 0 saturated heterocycles. The summed E-state index contributed by atoms with van der Waals surface area (Å²) >= 11 is 0. The molecule has 0 bridgehead atoms. The lowest BCUT2D eigenvalue weighted by atomic mass is 10.0. The summed E-state index contributed by atoms with van der Waals surface area (Å²) in [5, 5.41) is 3.00. The molecular weight excluding hydrogens is 940 g/mol. The highest BCUT2D eigenvalue weighted by Crippen LogP contribution is 2.38. The lowest BCUT2D eigenvalue weighted by Gasteiger charge is -2.30. The first-order valence-corrected chi connectivity index (χ1v) is 31.9. The molecule has 74 heavy (non-hydrogen) atoms. The Labute approximate surface area is 456 Å². The van der Waals surface area contributed by atoms with Gasteiger partial charge in [0.15, 0.2) is 0 Å². The Kier molecular flexibility index (Phi) is 51.5. The molecule has 0 radical (unpaired) electrons. The third-order valence-corrected chi connectivity index (χ3v) is 14.2. The van der Waals surface area contributed by atoms with Crippen LogP contribution in [0.4, 0.5) is 0 Å². The Balaban J connectivity index is 5.34. The Morgan fingerprint density at radius 1 is 0.486 bits per heavy atom. The molecule has 3 atom stereocenters. The standard InChI is InChI=1S/C64H115N2O7P/c1-7-10-13-16-19-22-25-28-30-32-33-35-37-39-42-45-48-51-54-57-64(68)73-62(55-52-49-46-43-40-27-24-21-18-15-12-9-3)61(60-72-74(69,70)71-59-58-66(4,5)6)65-63(67)56-53-50-47-44-41-38-36-34-31-29-26-23-20-17-14-11-8-2/h11,14,17,20,23,26,29,31,34,36,38,41,52,55,61-62H,7-10,12-13,15-16,18-19,21-22,24-25,27-28,30,32-33,35,37,39-40,42-51,53-54,56-60H2,1-6H3,(H-,65,67,69,70)/b14-11-,20-17+,26-23+,31-29-,36-34+,41-38+,55-52+. The first-order chi connectivity index (χ1) is 35.9. The molecule has 0 aromatic heterocycles. The molecule has 0 aliphatic heterocycles. The highest BCUT2D eigenvalue weighted by atomic mass is 31.2. The number of rotatable bonds is 54. The van der Waals surface area contributed by atoms with Crippen LogP contribution >= 0.6 is 7.82 Å². The molecular formula is C64H115N2O7P. The number of unbranched alkanes of at least 4 members (excludes halogenated alkanes) is 31. The molecule has 428 valence electrons. The van der Waals surface area contributed by atoms with Gasteiger partial charge in [0.05, 0.1) is 33.8 Å². The second kappa shape index (κ2) is 53.6. The summed E-state index contributed by atoms with van der Waals surface area (Å²) in [5.41, 5.74) is 0. The van der Waals surface area contributed by atoms with Crippen LogP contribution in [0.1, 0.15) is 258 Å². The molecule has 0 aromatic carbocycles. The fraction of sp³-hybridized carbons (Fsp3) is 0.750. The molecule has 0 heterocycles. The van der Waals surface area contributed by atoms with Gasteiger partial charge in [-0.05, 0) is 51.0 Å². The molecule has 0 rings (SSSR count). The summed E-state index contributed by atoms with van der Waals surface area (Å²) in [6.07, 6.45) is 69.8. The van der Waals surface area contributed by atoms with Crippen LogP contribution in [0.15, 0.2) is 85.1 Å². The maximum absolute atomic E-state index is 13.5. The largest absolute Gasteiger partial charge is 0.756 e. The average molecular weight is 1060 g/mol. The normalized spacial score (nSPS) is 14.3. The second-order valence-electron chi connectivity index (χ2n) is 21.6. The van der Waals surface area contributed by atoms with Crippen molar-refractivity contribution in [3.05, 3.63) is 85.1 Å². The Morgan fingerprint density at radius 2 is 0.865 bits per heavy atom. The number of phosphoric ester groups is 1. The molecule has 3 unspecified atom stereocenters. The van der Waals surface area contributed by atoms with E-state index in [1.54, 1.807) is 0 Å². The second-order valence-corrected chi connectivity index (χ2v) is 23.0. The smallest absolute Gasteiger partial charge is 0.306 e. The van der Waals surface area contributed by atoms with Crippen molar-refractivity contribution in [1.29, 1.82) is 0 Å². The molecule has 1 amide bonds. The lowest BCUT2D eigenvalue weighted by molar-refractivity contribution is -0.870. The van der Waals surface area contributed by atoms with E-state index in [1.807, 2.05) is 94.1 Å². The van der Waals surface area contributed by atoms with Gasteiger partial charge in [-0.15, -0.1) is 0 Å². The summed E-state index contributed by atoms with van der Waals surface area (Å²) in [6.45, 7) is 6.67. The zero-order valence-electron chi connectivity index (χ0n) is 48.8. The third-order valence-electron chi connectivity index (χ3n) is 13.3. The fourth-order valence-corrected chi connectivity index (χ4v) is 9.28. The maximum Gasteiger partial charge on any atom is 0.306 e. The molecule has 0 aliphatic rings. The van der Waals surface area contributed by atoms with Gasteiger partial charge in [0.1, 0.15) is 19.3 Å². The molecule has 0 spiro atoms. The Morgan fingerprint density at radius 3 is 1.31 bits per heavy atom. The highest BCUT2D eigenvalue weighted by molar-refractivity contribution is 7.45. The number of amides is 1. The summed E-state index contributed by atoms with van der Waals surface area (Å²) in [5.74, 6) is -0.589. The van der Waals surface area contributed by atoms with Crippen LogP contribution in [-0.4, -0.2) is 69.4 Å². The molecule has 1 N–H and O–H groups in total. The zero-order valence-corrected chi connectivity index (χ0v) is 49.7. The van der Waals surface area contributed by atoms with Gasteiger partial charge in [0.25, 0.3) is 7.82 Å². The van der Waals surface area contributed by atoms with E-state index in [2.05, 4.69) is 38.2 Å². The van der Waals surface area contributed by atoms with E-state index in [9.17, 15) is 19.0 Å². The van der Waals surface area contributed by atoms with Crippen molar-refractivity contribution < 1.29 is 37.3 Å². The van der Waals surface area contributed by atoms with Gasteiger partial charge in [0, 0.05) is 12.8 Å². The number of phosphoric acid groups is 1. The number of likely N-dealkylation sites (N-methyl/N-ethyl adjacent to an activating group) is 1. The van der Waals surface area contributed by atoms with Crippen LogP contribution in [0.3, 0.4) is 0 Å². The van der Waals surface area contributed by atoms with Gasteiger partial charge < -0.3 is 28.5 Å². The van der Waals surface area contributed by atoms with Crippen LogP contribution in [-0.2, 0) is 27.9 Å². The van der Waals surface area contributed by atoms with Crippen LogP contribution in [0, 0.1) is 0 Å². The van der Waals surface area contributed by atoms with E-state index >= 15 is 0 Å². The van der Waals surface area contributed by atoms with Crippen LogP contribution in [0.5, 0.6) is 0 Å². The number of hydrogen-bond donors (Lipinski definition) is 1.